The Morgan fingerprint density at radius 3 is 2.00 bits per heavy atom. The third-order valence-corrected chi connectivity index (χ3v) is 5.53. The van der Waals surface area contributed by atoms with Gasteiger partial charge < -0.3 is 20.3 Å². The molecule has 3 aromatic rings. The largest absolute Gasteiger partial charge is 0.479 e. The van der Waals surface area contributed by atoms with E-state index in [0.29, 0.717) is 0 Å². The molecule has 0 fully saturated rings. The fourth-order valence-corrected chi connectivity index (χ4v) is 3.84. The summed E-state index contributed by atoms with van der Waals surface area (Å²) in [6.45, 7) is -0.352. The van der Waals surface area contributed by atoms with Crippen molar-refractivity contribution in [2.24, 2.45) is 5.73 Å². The maximum Gasteiger partial charge on any atom is 0.340 e. The summed E-state index contributed by atoms with van der Waals surface area (Å²) < 4.78 is 10.9. The fraction of sp³-hybridized carbons (Fsp3) is 0.200. The first kappa shape index (κ1) is 20.8. The Morgan fingerprint density at radius 1 is 0.871 bits per heavy atom. The topological polar surface area (TPSA) is 98.9 Å². The third kappa shape index (κ3) is 4.08. The molecule has 0 saturated carbocycles. The normalized spacial score (nSPS) is 14.4. The number of carboxylic acid groups (broad SMARTS) is 1. The van der Waals surface area contributed by atoms with Crippen LogP contribution in [0.2, 0.25) is 0 Å². The number of carbonyl (C=O) groups is 2. The number of aliphatic carboxylic acids is 1. The molecule has 4 rings (SSSR count). The van der Waals surface area contributed by atoms with Gasteiger partial charge in [0, 0.05) is 5.92 Å². The van der Waals surface area contributed by atoms with Crippen molar-refractivity contribution >= 4 is 11.9 Å². The van der Waals surface area contributed by atoms with Gasteiger partial charge >= 0.3 is 11.9 Å². The minimum Gasteiger partial charge on any atom is -0.479 e. The molecule has 0 unspecified atom stereocenters. The van der Waals surface area contributed by atoms with Gasteiger partial charge in [-0.25, -0.2) is 9.59 Å². The van der Waals surface area contributed by atoms with E-state index in [1.54, 1.807) is 0 Å². The molecule has 0 aliphatic heterocycles. The Hall–Kier alpha value is -3.48. The molecule has 3 aromatic carbocycles. The zero-order valence-electron chi connectivity index (χ0n) is 16.9. The van der Waals surface area contributed by atoms with Gasteiger partial charge in [-0.2, -0.15) is 0 Å². The fourth-order valence-electron chi connectivity index (χ4n) is 3.84. The second kappa shape index (κ2) is 8.71. The first-order valence-corrected chi connectivity index (χ1v) is 10.00. The minimum atomic E-state index is -2.29. The molecule has 6 nitrogen and oxygen atoms in total. The van der Waals surface area contributed by atoms with E-state index in [4.69, 9.17) is 15.2 Å². The smallest absolute Gasteiger partial charge is 0.340 e. The lowest BCUT2D eigenvalue weighted by Crippen LogP contribution is -2.59. The van der Waals surface area contributed by atoms with Crippen LogP contribution in [0.3, 0.4) is 0 Å². The molecule has 0 aromatic heterocycles. The van der Waals surface area contributed by atoms with Gasteiger partial charge in [-0.3, -0.25) is 0 Å². The predicted molar refractivity (Wildman–Crippen MR) is 115 cm³/mol. The van der Waals surface area contributed by atoms with Crippen LogP contribution in [0.25, 0.3) is 11.1 Å². The lowest BCUT2D eigenvalue weighted by atomic mass is 9.97. The minimum absolute atomic E-state index is 0.00221. The zero-order valence-corrected chi connectivity index (χ0v) is 16.9. The summed E-state index contributed by atoms with van der Waals surface area (Å²) in [6.07, 6.45) is 0. The summed E-state index contributed by atoms with van der Waals surface area (Å²) in [5.74, 6) is -2.69. The van der Waals surface area contributed by atoms with Gasteiger partial charge in [-0.05, 0) is 27.8 Å². The van der Waals surface area contributed by atoms with Crippen LogP contribution in [0.4, 0.5) is 0 Å². The van der Waals surface area contributed by atoms with Crippen molar-refractivity contribution in [2.75, 3.05) is 13.2 Å². The highest BCUT2D eigenvalue weighted by Crippen LogP contribution is 2.44. The second-order valence-corrected chi connectivity index (χ2v) is 7.58. The second-order valence-electron chi connectivity index (χ2n) is 7.58. The summed E-state index contributed by atoms with van der Waals surface area (Å²) in [7, 11) is 0. The molecule has 0 heterocycles. The third-order valence-electron chi connectivity index (χ3n) is 5.53. The molecule has 0 spiro atoms. The van der Waals surface area contributed by atoms with Crippen molar-refractivity contribution in [2.45, 2.75) is 18.1 Å². The van der Waals surface area contributed by atoms with Gasteiger partial charge in [0.25, 0.3) is 0 Å². The summed E-state index contributed by atoms with van der Waals surface area (Å²) in [4.78, 5) is 24.5. The number of carboxylic acids is 1. The first-order chi connectivity index (χ1) is 15.0. The van der Waals surface area contributed by atoms with Crippen LogP contribution in [-0.4, -0.2) is 35.8 Å². The van der Waals surface area contributed by atoms with E-state index in [1.807, 2.05) is 78.9 Å². The van der Waals surface area contributed by atoms with Gasteiger partial charge in [0.2, 0.25) is 5.54 Å². The van der Waals surface area contributed by atoms with Crippen molar-refractivity contribution in [1.82, 2.24) is 0 Å². The lowest BCUT2D eigenvalue weighted by Gasteiger charge is -2.24. The van der Waals surface area contributed by atoms with Crippen LogP contribution in [0, 0.1) is 0 Å². The van der Waals surface area contributed by atoms with E-state index < -0.39 is 24.1 Å². The number of fused-ring (bicyclic) bond motifs is 3. The first-order valence-electron chi connectivity index (χ1n) is 10.00. The molecular weight excluding hydrogens is 394 g/mol. The highest BCUT2D eigenvalue weighted by molar-refractivity contribution is 6.04. The van der Waals surface area contributed by atoms with E-state index >= 15 is 0 Å². The van der Waals surface area contributed by atoms with Gasteiger partial charge in [-0.1, -0.05) is 78.9 Å². The number of nitrogens with two attached hydrogens (primary N) is 1. The van der Waals surface area contributed by atoms with Gasteiger partial charge in [0.15, 0.2) is 0 Å². The Kier molecular flexibility index (Phi) is 5.84. The molecule has 31 heavy (non-hydrogen) atoms. The maximum absolute atomic E-state index is 12.7. The standard InChI is InChI=1S/C25H23NO5/c26-25(23(27)28,16-30-14-17-8-2-1-3-9-17)24(29)31-15-22-20-12-6-4-10-18(20)19-11-5-7-13-21(19)22/h1-13,22H,14-16,26H2,(H,27,28)/t25-/m1/s1. The number of ether oxygens (including phenoxy) is 2. The van der Waals surface area contributed by atoms with Crippen molar-refractivity contribution < 1.29 is 24.2 Å². The van der Waals surface area contributed by atoms with Crippen molar-refractivity contribution in [1.29, 1.82) is 0 Å². The number of hydrogen-bond acceptors (Lipinski definition) is 5. The molecule has 0 bridgehead atoms. The Balaban J connectivity index is 1.45. The molecule has 0 radical (unpaired) electrons. The van der Waals surface area contributed by atoms with Crippen molar-refractivity contribution in [3.63, 3.8) is 0 Å². The van der Waals surface area contributed by atoms with Crippen molar-refractivity contribution in [3.8, 4) is 11.1 Å². The van der Waals surface area contributed by atoms with Gasteiger partial charge in [0.1, 0.15) is 6.61 Å². The van der Waals surface area contributed by atoms with Crippen LogP contribution < -0.4 is 5.73 Å². The molecule has 1 aliphatic rings. The van der Waals surface area contributed by atoms with E-state index in [9.17, 15) is 14.7 Å². The quantitative estimate of drug-likeness (QED) is 0.431. The highest BCUT2D eigenvalue weighted by Gasteiger charge is 2.45. The number of hydrogen-bond donors (Lipinski definition) is 2. The molecular formula is C25H23NO5. The summed E-state index contributed by atoms with van der Waals surface area (Å²) in [5.41, 5.74) is 8.73. The Labute approximate surface area is 180 Å². The van der Waals surface area contributed by atoms with E-state index in [0.717, 1.165) is 27.8 Å². The maximum atomic E-state index is 12.7. The van der Waals surface area contributed by atoms with E-state index in [1.165, 1.54) is 0 Å². The number of carbonyl (C=O) groups excluding carboxylic acids is 1. The molecule has 1 aliphatic carbocycles. The molecule has 0 saturated heterocycles. The summed E-state index contributed by atoms with van der Waals surface area (Å²) in [5, 5.41) is 9.60. The van der Waals surface area contributed by atoms with Crippen LogP contribution >= 0.6 is 0 Å². The van der Waals surface area contributed by atoms with Crippen LogP contribution in [-0.2, 0) is 25.7 Å². The molecule has 6 heteroatoms. The average Bonchev–Trinajstić information content (AvgIpc) is 3.11. The zero-order chi connectivity index (χ0) is 21.8. The highest BCUT2D eigenvalue weighted by atomic mass is 16.5. The molecule has 3 N–H and O–H groups in total. The lowest BCUT2D eigenvalue weighted by molar-refractivity contribution is -0.164. The van der Waals surface area contributed by atoms with E-state index in [2.05, 4.69) is 0 Å². The average molecular weight is 417 g/mol. The summed E-state index contributed by atoms with van der Waals surface area (Å²) >= 11 is 0. The Morgan fingerprint density at radius 2 is 1.42 bits per heavy atom. The van der Waals surface area contributed by atoms with Gasteiger partial charge in [-0.15, -0.1) is 0 Å². The Bertz CT molecular complexity index is 1050. The summed E-state index contributed by atoms with van der Waals surface area (Å²) in [6, 6.07) is 25.1. The monoisotopic (exact) mass is 417 g/mol. The predicted octanol–water partition coefficient (Wildman–Crippen LogP) is 3.34. The molecule has 1 atom stereocenters. The molecule has 0 amide bonds. The van der Waals surface area contributed by atoms with Gasteiger partial charge in [0.05, 0.1) is 13.2 Å². The van der Waals surface area contributed by atoms with Crippen LogP contribution in [0.15, 0.2) is 78.9 Å². The van der Waals surface area contributed by atoms with Crippen molar-refractivity contribution in [3.05, 3.63) is 95.6 Å². The van der Waals surface area contributed by atoms with E-state index in [-0.39, 0.29) is 19.1 Å². The SMILES string of the molecule is N[C@](COCc1ccccc1)(C(=O)O)C(=O)OCC1c2ccccc2-c2ccccc21. The number of benzene rings is 3. The van der Waals surface area contributed by atoms with Crippen LogP contribution in [0.1, 0.15) is 22.6 Å². The molecule has 158 valence electrons. The van der Waals surface area contributed by atoms with Crippen LogP contribution in [0.5, 0.6) is 0 Å². The number of rotatable bonds is 8. The number of esters is 1.